The van der Waals surface area contributed by atoms with Crippen molar-refractivity contribution in [3.63, 3.8) is 0 Å². The van der Waals surface area contributed by atoms with Gasteiger partial charge in [0.05, 0.1) is 6.04 Å². The highest BCUT2D eigenvalue weighted by Gasteiger charge is 2.15. The average Bonchev–Trinajstić information content (AvgIpc) is 2.65. The van der Waals surface area contributed by atoms with E-state index >= 15 is 0 Å². The summed E-state index contributed by atoms with van der Waals surface area (Å²) in [6.45, 7) is 4.48. The second-order valence-corrected chi connectivity index (χ2v) is 6.72. The van der Waals surface area contributed by atoms with Gasteiger partial charge in [0.2, 0.25) is 5.91 Å². The minimum Gasteiger partial charge on any atom is -0.351 e. The van der Waals surface area contributed by atoms with Gasteiger partial charge < -0.3 is 16.0 Å². The van der Waals surface area contributed by atoms with E-state index in [0.717, 1.165) is 11.3 Å². The van der Waals surface area contributed by atoms with Gasteiger partial charge in [-0.2, -0.15) is 0 Å². The Hall–Kier alpha value is -2.73. The molecule has 3 N–H and O–H groups in total. The van der Waals surface area contributed by atoms with Crippen molar-refractivity contribution < 1.29 is 9.59 Å². The summed E-state index contributed by atoms with van der Waals surface area (Å²) in [6, 6.07) is 10.4. The van der Waals surface area contributed by atoms with Gasteiger partial charge in [0.1, 0.15) is 0 Å². The van der Waals surface area contributed by atoms with Gasteiger partial charge in [-0.05, 0) is 42.2 Å². The van der Waals surface area contributed by atoms with E-state index in [1.54, 1.807) is 36.5 Å². The molecule has 0 aliphatic carbocycles. The Morgan fingerprint density at radius 2 is 1.73 bits per heavy atom. The Bertz CT molecular complexity index is 729. The summed E-state index contributed by atoms with van der Waals surface area (Å²) in [5.74, 6) is 0.129. The van der Waals surface area contributed by atoms with Gasteiger partial charge in [0.15, 0.2) is 0 Å². The molecule has 138 valence electrons. The highest BCUT2D eigenvalue weighted by Crippen LogP contribution is 2.16. The molecular weight excluding hydrogens is 328 g/mol. The smallest absolute Gasteiger partial charge is 0.258 e. The maximum atomic E-state index is 12.4. The molecule has 0 aliphatic rings. The normalized spacial score (nSPS) is 11.9. The van der Waals surface area contributed by atoms with Crippen LogP contribution in [0.3, 0.4) is 0 Å². The van der Waals surface area contributed by atoms with E-state index in [4.69, 9.17) is 5.73 Å². The van der Waals surface area contributed by atoms with E-state index in [9.17, 15) is 9.59 Å². The fourth-order valence-electron chi connectivity index (χ4n) is 2.58. The summed E-state index contributed by atoms with van der Waals surface area (Å²) in [7, 11) is 1.73. The molecule has 1 aromatic heterocycles. The molecule has 0 radical (unpaired) electrons. The minimum absolute atomic E-state index is 0.104. The molecule has 0 saturated heterocycles. The lowest BCUT2D eigenvalue weighted by Gasteiger charge is -2.18. The lowest BCUT2D eigenvalue weighted by molar-refractivity contribution is -0.122. The van der Waals surface area contributed by atoms with Crippen molar-refractivity contribution in [3.05, 3.63) is 59.9 Å². The molecule has 6 nitrogen and oxygen atoms in total. The topological polar surface area (TPSA) is 88.3 Å². The van der Waals surface area contributed by atoms with Crippen molar-refractivity contribution >= 4 is 17.5 Å². The first-order valence-corrected chi connectivity index (χ1v) is 8.68. The number of benzene rings is 1. The van der Waals surface area contributed by atoms with E-state index in [2.05, 4.69) is 10.3 Å². The standard InChI is InChI=1S/C20H26N4O2/c1-14(2)12-18(21)19(25)23-13-15-4-6-17(7-5-15)24(3)20(26)16-8-10-22-11-9-16/h4-11,14,18H,12-13,21H2,1-3H3,(H,23,25)/t18-/m0/s1. The molecular formula is C20H26N4O2. The zero-order valence-corrected chi connectivity index (χ0v) is 15.5. The fraction of sp³-hybridized carbons (Fsp3) is 0.350. The second kappa shape index (κ2) is 9.10. The van der Waals surface area contributed by atoms with Gasteiger partial charge in [0.25, 0.3) is 5.91 Å². The van der Waals surface area contributed by atoms with E-state index in [1.807, 2.05) is 38.1 Å². The average molecular weight is 354 g/mol. The Morgan fingerprint density at radius 1 is 1.12 bits per heavy atom. The molecule has 2 rings (SSSR count). The predicted octanol–water partition coefficient (Wildman–Crippen LogP) is 2.35. The van der Waals surface area contributed by atoms with E-state index in [0.29, 0.717) is 24.4 Å². The lowest BCUT2D eigenvalue weighted by Crippen LogP contribution is -2.41. The first-order valence-electron chi connectivity index (χ1n) is 8.68. The van der Waals surface area contributed by atoms with Gasteiger partial charge in [-0.3, -0.25) is 14.6 Å². The van der Waals surface area contributed by atoms with Crippen molar-refractivity contribution in [2.75, 3.05) is 11.9 Å². The Morgan fingerprint density at radius 3 is 2.31 bits per heavy atom. The molecule has 0 bridgehead atoms. The maximum Gasteiger partial charge on any atom is 0.258 e. The number of anilines is 1. The fourth-order valence-corrected chi connectivity index (χ4v) is 2.58. The summed E-state index contributed by atoms with van der Waals surface area (Å²) in [6.07, 6.45) is 3.85. The molecule has 26 heavy (non-hydrogen) atoms. The van der Waals surface area contributed by atoms with Crippen LogP contribution in [0.15, 0.2) is 48.8 Å². The first-order chi connectivity index (χ1) is 12.4. The molecule has 2 amide bonds. The summed E-state index contributed by atoms with van der Waals surface area (Å²) in [4.78, 5) is 29.9. The van der Waals surface area contributed by atoms with Crippen molar-refractivity contribution in [1.82, 2.24) is 10.3 Å². The number of hydrogen-bond acceptors (Lipinski definition) is 4. The Kier molecular flexibility index (Phi) is 6.86. The number of aromatic nitrogens is 1. The molecule has 2 aromatic rings. The van der Waals surface area contributed by atoms with Gasteiger partial charge in [-0.1, -0.05) is 26.0 Å². The van der Waals surface area contributed by atoms with Gasteiger partial charge >= 0.3 is 0 Å². The molecule has 1 atom stereocenters. The van der Waals surface area contributed by atoms with Crippen LogP contribution in [0.4, 0.5) is 5.69 Å². The third-order valence-electron chi connectivity index (χ3n) is 4.08. The monoisotopic (exact) mass is 354 g/mol. The molecule has 6 heteroatoms. The van der Waals surface area contributed by atoms with Crippen molar-refractivity contribution in [3.8, 4) is 0 Å². The van der Waals surface area contributed by atoms with Crippen LogP contribution in [0.25, 0.3) is 0 Å². The molecule has 1 heterocycles. The van der Waals surface area contributed by atoms with Crippen LogP contribution in [-0.2, 0) is 11.3 Å². The zero-order valence-electron chi connectivity index (χ0n) is 15.5. The summed E-state index contributed by atoms with van der Waals surface area (Å²) >= 11 is 0. The number of nitrogens with two attached hydrogens (primary N) is 1. The van der Waals surface area contributed by atoms with Crippen LogP contribution < -0.4 is 16.0 Å². The molecule has 0 unspecified atom stereocenters. The second-order valence-electron chi connectivity index (χ2n) is 6.72. The molecule has 1 aromatic carbocycles. The van der Waals surface area contributed by atoms with E-state index < -0.39 is 6.04 Å². The van der Waals surface area contributed by atoms with Crippen LogP contribution in [0, 0.1) is 5.92 Å². The molecule has 0 fully saturated rings. The van der Waals surface area contributed by atoms with Crippen molar-refractivity contribution in [1.29, 1.82) is 0 Å². The van der Waals surface area contributed by atoms with Gasteiger partial charge in [0, 0.05) is 37.2 Å². The number of carbonyl (C=O) groups excluding carboxylic acids is 2. The number of hydrogen-bond donors (Lipinski definition) is 2. The number of carbonyl (C=O) groups is 2. The third-order valence-corrected chi connectivity index (χ3v) is 4.08. The summed E-state index contributed by atoms with van der Waals surface area (Å²) < 4.78 is 0. The quantitative estimate of drug-likeness (QED) is 0.799. The molecule has 0 aliphatic heterocycles. The van der Waals surface area contributed by atoms with Gasteiger partial charge in [-0.25, -0.2) is 0 Å². The number of pyridine rings is 1. The first kappa shape index (κ1) is 19.6. The number of rotatable bonds is 7. The molecule has 0 saturated carbocycles. The minimum atomic E-state index is -0.488. The lowest BCUT2D eigenvalue weighted by atomic mass is 10.0. The van der Waals surface area contributed by atoms with Crippen LogP contribution in [-0.4, -0.2) is 29.9 Å². The zero-order chi connectivity index (χ0) is 19.1. The summed E-state index contributed by atoms with van der Waals surface area (Å²) in [5.41, 5.74) is 8.18. The highest BCUT2D eigenvalue weighted by atomic mass is 16.2. The van der Waals surface area contributed by atoms with Crippen molar-refractivity contribution in [2.45, 2.75) is 32.9 Å². The van der Waals surface area contributed by atoms with Crippen LogP contribution in [0.2, 0.25) is 0 Å². The highest BCUT2D eigenvalue weighted by molar-refractivity contribution is 6.05. The number of nitrogens with one attached hydrogen (secondary N) is 1. The van der Waals surface area contributed by atoms with Crippen LogP contribution >= 0.6 is 0 Å². The van der Waals surface area contributed by atoms with E-state index in [1.165, 1.54) is 0 Å². The van der Waals surface area contributed by atoms with Crippen molar-refractivity contribution in [2.24, 2.45) is 11.7 Å². The maximum absolute atomic E-state index is 12.4. The SMILES string of the molecule is CC(C)C[C@H](N)C(=O)NCc1ccc(N(C)C(=O)c2ccncc2)cc1. The Labute approximate surface area is 154 Å². The van der Waals surface area contributed by atoms with Crippen LogP contribution in [0.1, 0.15) is 36.2 Å². The third kappa shape index (κ3) is 5.39. The van der Waals surface area contributed by atoms with E-state index in [-0.39, 0.29) is 11.8 Å². The predicted molar refractivity (Wildman–Crippen MR) is 103 cm³/mol. The van der Waals surface area contributed by atoms with Gasteiger partial charge in [-0.15, -0.1) is 0 Å². The summed E-state index contributed by atoms with van der Waals surface area (Å²) in [5, 5.41) is 2.85. The van der Waals surface area contributed by atoms with Crippen LogP contribution in [0.5, 0.6) is 0 Å². The largest absolute Gasteiger partial charge is 0.351 e. The number of amides is 2. The Balaban J connectivity index is 1.93. The number of nitrogens with zero attached hydrogens (tertiary/aromatic N) is 2. The molecule has 0 spiro atoms.